The van der Waals surface area contributed by atoms with E-state index in [9.17, 15) is 4.79 Å². The molecule has 0 saturated carbocycles. The molecule has 0 radical (unpaired) electrons. The number of hydrogen-bond donors (Lipinski definition) is 1. The van der Waals surface area contributed by atoms with Crippen LogP contribution in [0, 0.1) is 5.92 Å². The Hall–Kier alpha value is -0.870. The predicted octanol–water partition coefficient (Wildman–Crippen LogP) is 2.31. The van der Waals surface area contributed by atoms with Crippen molar-refractivity contribution < 1.29 is 4.79 Å². The third-order valence-electron chi connectivity index (χ3n) is 4.20. The molecular formula is C15H22N2OS. The normalized spacial score (nSPS) is 27.2. The Bertz CT molecular complexity index is 482. The number of rotatable bonds is 1. The molecule has 4 heteroatoms. The van der Waals surface area contributed by atoms with Crippen LogP contribution in [-0.4, -0.2) is 36.5 Å². The summed E-state index contributed by atoms with van der Waals surface area (Å²) in [5.41, 5.74) is 1.43. The van der Waals surface area contributed by atoms with Gasteiger partial charge in [0.25, 0.3) is 5.91 Å². The minimum absolute atomic E-state index is 0.236. The smallest absolute Gasteiger partial charge is 0.264 e. The van der Waals surface area contributed by atoms with Gasteiger partial charge in [0.1, 0.15) is 0 Å². The van der Waals surface area contributed by atoms with E-state index in [1.54, 1.807) is 11.3 Å². The van der Waals surface area contributed by atoms with Crippen LogP contribution < -0.4 is 5.32 Å². The fourth-order valence-electron chi connectivity index (χ4n) is 3.08. The minimum Gasteiger partial charge on any atom is -0.335 e. The quantitative estimate of drug-likeness (QED) is 0.855. The third-order valence-corrected chi connectivity index (χ3v) is 5.42. The van der Waals surface area contributed by atoms with Gasteiger partial charge in [-0.05, 0) is 43.7 Å². The number of carbonyl (C=O) groups excluding carboxylic acids is 1. The lowest BCUT2D eigenvalue weighted by atomic mass is 9.90. The molecule has 1 amide bonds. The highest BCUT2D eigenvalue weighted by Crippen LogP contribution is 2.32. The Kier molecular flexibility index (Phi) is 3.63. The van der Waals surface area contributed by atoms with Crippen molar-refractivity contribution in [1.82, 2.24) is 10.2 Å². The number of hydrogen-bond acceptors (Lipinski definition) is 3. The summed E-state index contributed by atoms with van der Waals surface area (Å²) >= 11 is 1.73. The molecular weight excluding hydrogens is 256 g/mol. The average Bonchev–Trinajstić information content (AvgIpc) is 2.80. The van der Waals surface area contributed by atoms with Crippen molar-refractivity contribution in [2.75, 3.05) is 19.6 Å². The summed E-state index contributed by atoms with van der Waals surface area (Å²) in [5, 5.41) is 3.38. The molecule has 3 nitrogen and oxygen atoms in total. The molecule has 3 rings (SSSR count). The molecule has 19 heavy (non-hydrogen) atoms. The van der Waals surface area contributed by atoms with Gasteiger partial charge in [0, 0.05) is 30.6 Å². The van der Waals surface area contributed by atoms with Gasteiger partial charge in [0.2, 0.25) is 0 Å². The molecule has 1 N–H and O–H groups in total. The highest BCUT2D eigenvalue weighted by molar-refractivity contribution is 7.14. The number of amides is 1. The first-order valence-corrected chi connectivity index (χ1v) is 8.09. The van der Waals surface area contributed by atoms with Crippen molar-refractivity contribution in [2.24, 2.45) is 5.92 Å². The molecule has 1 aliphatic heterocycles. The topological polar surface area (TPSA) is 32.3 Å². The van der Waals surface area contributed by atoms with E-state index in [2.05, 4.69) is 25.2 Å². The van der Waals surface area contributed by atoms with Crippen molar-refractivity contribution in [3.05, 3.63) is 21.4 Å². The van der Waals surface area contributed by atoms with Crippen LogP contribution in [0.5, 0.6) is 0 Å². The molecule has 1 aromatic heterocycles. The summed E-state index contributed by atoms with van der Waals surface area (Å²) in [7, 11) is 0. The highest BCUT2D eigenvalue weighted by Gasteiger charge is 2.25. The molecule has 0 aromatic carbocycles. The van der Waals surface area contributed by atoms with Gasteiger partial charge in [0.05, 0.1) is 4.88 Å². The molecule has 2 unspecified atom stereocenters. The third kappa shape index (κ3) is 2.70. The minimum atomic E-state index is 0.236. The standard InChI is InChI=1S/C15H22N2OS/c1-10-3-4-13-12(7-10)8-14(19-13)15(18)17-6-5-16-11(2)9-17/h8,10-11,16H,3-7,9H2,1-2H3. The first kappa shape index (κ1) is 13.1. The molecule has 2 heterocycles. The van der Waals surface area contributed by atoms with E-state index in [0.29, 0.717) is 6.04 Å². The summed E-state index contributed by atoms with van der Waals surface area (Å²) in [6.07, 6.45) is 3.58. The maximum Gasteiger partial charge on any atom is 0.264 e. The monoisotopic (exact) mass is 278 g/mol. The van der Waals surface area contributed by atoms with E-state index in [4.69, 9.17) is 0 Å². The lowest BCUT2D eigenvalue weighted by Gasteiger charge is -2.31. The van der Waals surface area contributed by atoms with Gasteiger partial charge in [-0.2, -0.15) is 0 Å². The van der Waals surface area contributed by atoms with Crippen LogP contribution in [0.25, 0.3) is 0 Å². The van der Waals surface area contributed by atoms with E-state index in [1.165, 1.54) is 16.9 Å². The average molecular weight is 278 g/mol. The zero-order valence-electron chi connectivity index (χ0n) is 11.7. The number of thiophene rings is 1. The Labute approximate surface area is 119 Å². The van der Waals surface area contributed by atoms with E-state index in [1.807, 2.05) is 4.90 Å². The van der Waals surface area contributed by atoms with Gasteiger partial charge in [-0.15, -0.1) is 11.3 Å². The Morgan fingerprint density at radius 1 is 1.47 bits per heavy atom. The van der Waals surface area contributed by atoms with Crippen LogP contribution in [0.2, 0.25) is 0 Å². The molecule has 2 aliphatic rings. The zero-order chi connectivity index (χ0) is 13.4. The van der Waals surface area contributed by atoms with E-state index < -0.39 is 0 Å². The van der Waals surface area contributed by atoms with E-state index in [0.717, 1.165) is 43.3 Å². The van der Waals surface area contributed by atoms with Gasteiger partial charge >= 0.3 is 0 Å². The van der Waals surface area contributed by atoms with Gasteiger partial charge in [-0.25, -0.2) is 0 Å². The van der Waals surface area contributed by atoms with E-state index in [-0.39, 0.29) is 5.91 Å². The van der Waals surface area contributed by atoms with Crippen LogP contribution in [0.1, 0.15) is 40.4 Å². The summed E-state index contributed by atoms with van der Waals surface area (Å²) in [5.74, 6) is 1.00. The maximum atomic E-state index is 12.6. The number of nitrogens with zero attached hydrogens (tertiary/aromatic N) is 1. The molecule has 1 aliphatic carbocycles. The fraction of sp³-hybridized carbons (Fsp3) is 0.667. The zero-order valence-corrected chi connectivity index (χ0v) is 12.6. The Balaban J connectivity index is 1.77. The number of carbonyl (C=O) groups is 1. The van der Waals surface area contributed by atoms with Crippen molar-refractivity contribution in [3.63, 3.8) is 0 Å². The number of piperazine rings is 1. The lowest BCUT2D eigenvalue weighted by molar-refractivity contribution is 0.0714. The number of aryl methyl sites for hydroxylation is 1. The van der Waals surface area contributed by atoms with Crippen LogP contribution in [0.15, 0.2) is 6.07 Å². The molecule has 0 bridgehead atoms. The highest BCUT2D eigenvalue weighted by atomic mass is 32.1. The molecule has 1 fully saturated rings. The first-order valence-electron chi connectivity index (χ1n) is 7.27. The van der Waals surface area contributed by atoms with Crippen LogP contribution >= 0.6 is 11.3 Å². The summed E-state index contributed by atoms with van der Waals surface area (Å²) in [6, 6.07) is 2.57. The number of fused-ring (bicyclic) bond motifs is 1. The summed E-state index contributed by atoms with van der Waals surface area (Å²) < 4.78 is 0. The molecule has 1 aromatic rings. The van der Waals surface area contributed by atoms with Crippen LogP contribution in [0.3, 0.4) is 0 Å². The van der Waals surface area contributed by atoms with Gasteiger partial charge in [-0.1, -0.05) is 6.92 Å². The summed E-state index contributed by atoms with van der Waals surface area (Å²) in [4.78, 5) is 17.0. The SMILES string of the molecule is CC1CCc2sc(C(=O)N3CCNC(C)C3)cc2C1. The van der Waals surface area contributed by atoms with Crippen molar-refractivity contribution in [2.45, 2.75) is 39.2 Å². The first-order chi connectivity index (χ1) is 9.13. The van der Waals surface area contributed by atoms with Gasteiger partial charge in [0.15, 0.2) is 0 Å². The fourth-order valence-corrected chi connectivity index (χ4v) is 4.26. The number of nitrogens with one attached hydrogen (secondary N) is 1. The van der Waals surface area contributed by atoms with Crippen molar-refractivity contribution in [3.8, 4) is 0 Å². The Morgan fingerprint density at radius 3 is 3.11 bits per heavy atom. The van der Waals surface area contributed by atoms with Crippen LogP contribution in [-0.2, 0) is 12.8 Å². The molecule has 104 valence electrons. The Morgan fingerprint density at radius 2 is 2.32 bits per heavy atom. The second kappa shape index (κ2) is 5.25. The van der Waals surface area contributed by atoms with Gasteiger partial charge in [-0.3, -0.25) is 4.79 Å². The van der Waals surface area contributed by atoms with Crippen molar-refractivity contribution in [1.29, 1.82) is 0 Å². The molecule has 2 atom stereocenters. The summed E-state index contributed by atoms with van der Waals surface area (Å²) in [6.45, 7) is 7.02. The second-order valence-electron chi connectivity index (χ2n) is 6.01. The van der Waals surface area contributed by atoms with Crippen molar-refractivity contribution >= 4 is 17.2 Å². The second-order valence-corrected chi connectivity index (χ2v) is 7.15. The molecule has 1 saturated heterocycles. The van der Waals surface area contributed by atoms with Gasteiger partial charge < -0.3 is 10.2 Å². The largest absolute Gasteiger partial charge is 0.335 e. The molecule has 0 spiro atoms. The van der Waals surface area contributed by atoms with Crippen LogP contribution in [0.4, 0.5) is 0 Å². The lowest BCUT2D eigenvalue weighted by Crippen LogP contribution is -2.51. The predicted molar refractivity (Wildman–Crippen MR) is 78.9 cm³/mol. The maximum absolute atomic E-state index is 12.6. The van der Waals surface area contributed by atoms with E-state index >= 15 is 0 Å².